The summed E-state index contributed by atoms with van der Waals surface area (Å²) in [7, 11) is 0. The van der Waals surface area contributed by atoms with Crippen LogP contribution in [0.1, 0.15) is 25.0 Å². The Morgan fingerprint density at radius 2 is 0.400 bits per heavy atom. The van der Waals surface area contributed by atoms with Gasteiger partial charge in [0.2, 0.25) is 0 Å². The minimum atomic E-state index is -0.0343. The average Bonchev–Trinajstić information content (AvgIpc) is 1.72. The van der Waals surface area contributed by atoms with Gasteiger partial charge in [0, 0.05) is 5.41 Å². The molecule has 0 atom stereocenters. The lowest BCUT2D eigenvalue weighted by molar-refractivity contribution is 0.660. The van der Waals surface area contributed by atoms with E-state index in [1.165, 1.54) is 263 Å². The van der Waals surface area contributed by atoms with Crippen LogP contribution in [0.25, 0.3) is 252 Å². The van der Waals surface area contributed by atoms with Crippen LogP contribution in [0.15, 0.2) is 510 Å². The second kappa shape index (κ2) is 33.3. The van der Waals surface area contributed by atoms with Crippen LogP contribution >= 0.6 is 0 Å². The van der Waals surface area contributed by atoms with Crippen molar-refractivity contribution < 1.29 is 0 Å². The molecule has 27 rings (SSSR count). The largest absolute Gasteiger partial charge is 0.0622 e. The number of benzene rings is 26. The van der Waals surface area contributed by atoms with Crippen LogP contribution in [0.4, 0.5) is 0 Å². The first-order chi connectivity index (χ1) is 66.7. The first-order valence-corrected chi connectivity index (χ1v) is 47.1. The Bertz CT molecular complexity index is 9230. The first-order valence-electron chi connectivity index (χ1n) is 47.1. The fourth-order valence-corrected chi connectivity index (χ4v) is 22.3. The standard InChI is InChI=1S/C46H30.C45H32.C44H28/c1-2-13-35(14-3-1)45-41-18-8-9-19-42(41)46(38-26-23-31-11-4-5-15-36(31)29-38)43-28-27-37(30-44(43)45)32-21-24-34(25-22-32)40-20-10-16-33-12-6-7-17-39(33)40;1-45(2)41-19-11-10-16-35(41)36-24-22-33(28-42(36)45)32-23-25-39-40(27-32)43(30-13-4-3-5-14-30)37-17-8-9-18-38(37)44(39)34-21-20-29-12-6-7-15-31(29)26-34;1-2-13-30(14-3-1)43-38-20-10-11-21-39(38)44(34-23-22-29-12-4-5-15-31(29)26-34)40-25-24-33(28-42(40)43)41-27-32-16-6-7-17-35(32)36-18-8-9-19-37(36)41/h1-30H;3-28H,1-2H3;1-28H. The summed E-state index contributed by atoms with van der Waals surface area (Å²) < 4.78 is 0. The predicted octanol–water partition coefficient (Wildman–Crippen LogP) is 37.9. The van der Waals surface area contributed by atoms with E-state index < -0.39 is 0 Å². The summed E-state index contributed by atoms with van der Waals surface area (Å²) >= 11 is 0. The van der Waals surface area contributed by atoms with Gasteiger partial charge < -0.3 is 0 Å². The molecule has 0 bridgehead atoms. The molecule has 0 saturated heterocycles. The predicted molar refractivity (Wildman–Crippen MR) is 581 cm³/mol. The zero-order chi connectivity index (χ0) is 89.6. The minimum absolute atomic E-state index is 0.0343. The summed E-state index contributed by atoms with van der Waals surface area (Å²) in [5.74, 6) is 0. The lowest BCUT2D eigenvalue weighted by Crippen LogP contribution is -2.14. The molecule has 0 heterocycles. The minimum Gasteiger partial charge on any atom is -0.0622 e. The summed E-state index contributed by atoms with van der Waals surface area (Å²) in [6.07, 6.45) is 0. The summed E-state index contributed by atoms with van der Waals surface area (Å²) in [5.41, 5.74) is 30.6. The summed E-state index contributed by atoms with van der Waals surface area (Å²) in [4.78, 5) is 0. The molecule has 0 saturated carbocycles. The molecule has 1 aliphatic rings. The Kier molecular flexibility index (Phi) is 19.8. The van der Waals surface area contributed by atoms with E-state index in [0.717, 1.165) is 0 Å². The van der Waals surface area contributed by atoms with Gasteiger partial charge in [0.25, 0.3) is 0 Å². The molecule has 26 aromatic rings. The lowest BCUT2D eigenvalue weighted by atomic mass is 9.81. The molecule has 0 fully saturated rings. The van der Waals surface area contributed by atoms with Gasteiger partial charge >= 0.3 is 0 Å². The van der Waals surface area contributed by atoms with Crippen molar-refractivity contribution in [2.24, 2.45) is 0 Å². The van der Waals surface area contributed by atoms with Gasteiger partial charge in [0.05, 0.1) is 0 Å². The van der Waals surface area contributed by atoms with Crippen molar-refractivity contribution in [1.82, 2.24) is 0 Å². The van der Waals surface area contributed by atoms with Crippen molar-refractivity contribution in [2.45, 2.75) is 19.3 Å². The first kappa shape index (κ1) is 80.0. The molecular weight excluding hydrogens is 1620 g/mol. The molecule has 630 valence electrons. The van der Waals surface area contributed by atoms with E-state index in [4.69, 9.17) is 0 Å². The van der Waals surface area contributed by atoms with Gasteiger partial charge in [0.15, 0.2) is 0 Å². The number of fused-ring (bicyclic) bond motifs is 16. The highest BCUT2D eigenvalue weighted by atomic mass is 14.4. The van der Waals surface area contributed by atoms with Crippen LogP contribution in [0.5, 0.6) is 0 Å². The SMILES string of the molecule is CC1(C)c2ccccc2-c2ccc(-c3ccc4c(-c5ccc6ccccc6c5)c5ccccc5c(-c5ccccc5)c4c3)cc21.c1ccc(-c2c3ccccc3c(-c3ccc4ccccc4c3)c3ccc(-c4cc5ccccc5c5ccccc45)cc23)cc1.c1ccc(-c2c3ccccc3c(-c3ccc4ccccc4c3)c3ccc(-c4ccc(-c5cccc6ccccc56)cc4)cc23)cc1. The molecule has 0 unspecified atom stereocenters. The lowest BCUT2D eigenvalue weighted by Gasteiger charge is -2.22. The maximum absolute atomic E-state index is 2.44. The third-order valence-electron chi connectivity index (χ3n) is 28.7. The quantitative estimate of drug-likeness (QED) is 0.0946. The normalized spacial score (nSPS) is 12.1. The van der Waals surface area contributed by atoms with Crippen molar-refractivity contribution >= 4 is 129 Å². The van der Waals surface area contributed by atoms with Crippen molar-refractivity contribution in [3.05, 3.63) is 521 Å². The fourth-order valence-electron chi connectivity index (χ4n) is 22.3. The Morgan fingerprint density at radius 3 is 0.867 bits per heavy atom. The van der Waals surface area contributed by atoms with Gasteiger partial charge in [-0.3, -0.25) is 0 Å². The van der Waals surface area contributed by atoms with Gasteiger partial charge in [-0.1, -0.05) is 475 Å². The van der Waals surface area contributed by atoms with Gasteiger partial charge in [-0.2, -0.15) is 0 Å². The molecule has 26 aromatic carbocycles. The van der Waals surface area contributed by atoms with Crippen LogP contribution in [-0.4, -0.2) is 0 Å². The van der Waals surface area contributed by atoms with E-state index in [-0.39, 0.29) is 5.41 Å². The maximum atomic E-state index is 2.44. The second-order valence-corrected chi connectivity index (χ2v) is 36.7. The van der Waals surface area contributed by atoms with Gasteiger partial charge in [-0.15, -0.1) is 0 Å². The van der Waals surface area contributed by atoms with Gasteiger partial charge in [0.1, 0.15) is 0 Å². The molecule has 0 nitrogen and oxygen atoms in total. The van der Waals surface area contributed by atoms with E-state index in [1.807, 2.05) is 0 Å². The Balaban J connectivity index is 0.000000108. The molecule has 1 aliphatic carbocycles. The van der Waals surface area contributed by atoms with Crippen molar-refractivity contribution in [2.75, 3.05) is 0 Å². The molecule has 0 aliphatic heterocycles. The van der Waals surface area contributed by atoms with Crippen LogP contribution in [-0.2, 0) is 5.41 Å². The van der Waals surface area contributed by atoms with Crippen LogP contribution in [0, 0.1) is 0 Å². The van der Waals surface area contributed by atoms with Crippen LogP contribution in [0.2, 0.25) is 0 Å². The number of rotatable bonds is 10. The van der Waals surface area contributed by atoms with Crippen LogP contribution < -0.4 is 0 Å². The van der Waals surface area contributed by atoms with E-state index >= 15 is 0 Å². The Hall–Kier alpha value is -17.2. The maximum Gasteiger partial charge on any atom is 0.0159 e. The Labute approximate surface area is 785 Å². The van der Waals surface area contributed by atoms with Gasteiger partial charge in [-0.05, 0) is 311 Å². The molecular formula is C135H90. The highest BCUT2D eigenvalue weighted by Gasteiger charge is 2.36. The van der Waals surface area contributed by atoms with Crippen molar-refractivity contribution in [3.8, 4) is 122 Å². The molecule has 135 heavy (non-hydrogen) atoms. The van der Waals surface area contributed by atoms with Gasteiger partial charge in [-0.25, -0.2) is 0 Å². The van der Waals surface area contributed by atoms with Crippen LogP contribution in [0.3, 0.4) is 0 Å². The summed E-state index contributed by atoms with van der Waals surface area (Å²) in [5, 5.41) is 30.5. The topological polar surface area (TPSA) is 0 Å². The van der Waals surface area contributed by atoms with E-state index in [2.05, 4.69) is 523 Å². The summed E-state index contributed by atoms with van der Waals surface area (Å²) in [6.45, 7) is 4.72. The molecule has 0 spiro atoms. The van der Waals surface area contributed by atoms with E-state index in [0.29, 0.717) is 0 Å². The molecule has 0 heteroatoms. The van der Waals surface area contributed by atoms with E-state index in [1.54, 1.807) is 0 Å². The van der Waals surface area contributed by atoms with Crippen molar-refractivity contribution in [3.63, 3.8) is 0 Å². The molecule has 0 N–H and O–H groups in total. The second-order valence-electron chi connectivity index (χ2n) is 36.7. The number of hydrogen-bond acceptors (Lipinski definition) is 0. The van der Waals surface area contributed by atoms with Crippen molar-refractivity contribution in [1.29, 1.82) is 0 Å². The third-order valence-corrected chi connectivity index (χ3v) is 28.7. The monoisotopic (exact) mass is 1710 g/mol. The zero-order valence-electron chi connectivity index (χ0n) is 75.0. The molecule has 0 radical (unpaired) electrons. The highest BCUT2D eigenvalue weighted by Crippen LogP contribution is 2.54. The molecule has 0 aromatic heterocycles. The smallest absolute Gasteiger partial charge is 0.0159 e. The molecule has 0 amide bonds. The fraction of sp³-hybridized carbons (Fsp3) is 0.0222. The highest BCUT2D eigenvalue weighted by molar-refractivity contribution is 6.26. The average molecular weight is 1710 g/mol. The zero-order valence-corrected chi connectivity index (χ0v) is 75.0. The number of hydrogen-bond donors (Lipinski definition) is 0. The van der Waals surface area contributed by atoms with E-state index in [9.17, 15) is 0 Å². The Morgan fingerprint density at radius 1 is 0.111 bits per heavy atom. The summed E-state index contributed by atoms with van der Waals surface area (Å²) in [6, 6.07) is 187. The third kappa shape index (κ3) is 14.0.